The molecule has 3 rings (SSSR count). The van der Waals surface area contributed by atoms with Crippen LogP contribution in [0.15, 0.2) is 53.7 Å². The molecule has 1 saturated heterocycles. The van der Waals surface area contributed by atoms with Gasteiger partial charge in [-0.3, -0.25) is 14.7 Å². The molecule has 2 heterocycles. The summed E-state index contributed by atoms with van der Waals surface area (Å²) in [5.41, 5.74) is 1.99. The lowest BCUT2D eigenvalue weighted by Gasteiger charge is -2.37. The minimum Gasteiger partial charge on any atom is -0.336 e. The van der Waals surface area contributed by atoms with E-state index in [4.69, 9.17) is 0 Å². The molecular formula is C20H25N3OS. The van der Waals surface area contributed by atoms with Gasteiger partial charge in [0.2, 0.25) is 0 Å². The molecule has 1 aliphatic rings. The molecule has 0 N–H and O–H groups in total. The monoisotopic (exact) mass is 355 g/mol. The number of benzene rings is 1. The summed E-state index contributed by atoms with van der Waals surface area (Å²) in [4.78, 5) is 22.4. The van der Waals surface area contributed by atoms with Gasteiger partial charge < -0.3 is 4.90 Å². The predicted molar refractivity (Wildman–Crippen MR) is 103 cm³/mol. The van der Waals surface area contributed by atoms with Gasteiger partial charge >= 0.3 is 0 Å². The minimum atomic E-state index is 0.146. The van der Waals surface area contributed by atoms with E-state index >= 15 is 0 Å². The number of piperazine rings is 1. The first-order valence-electron chi connectivity index (χ1n) is 8.78. The van der Waals surface area contributed by atoms with Gasteiger partial charge in [0.1, 0.15) is 0 Å². The van der Waals surface area contributed by atoms with E-state index < -0.39 is 0 Å². The summed E-state index contributed by atoms with van der Waals surface area (Å²) < 4.78 is 0. The van der Waals surface area contributed by atoms with E-state index in [-0.39, 0.29) is 5.91 Å². The highest BCUT2D eigenvalue weighted by molar-refractivity contribution is 7.98. The van der Waals surface area contributed by atoms with Gasteiger partial charge in [0.15, 0.2) is 0 Å². The van der Waals surface area contributed by atoms with Gasteiger partial charge in [-0.25, -0.2) is 0 Å². The smallest absolute Gasteiger partial charge is 0.253 e. The SMILES string of the molecule is CC(C)N1CCN(C(=O)c2ccc(SCc3cccnc3)cc2)CC1. The van der Waals surface area contributed by atoms with Gasteiger partial charge in [0.25, 0.3) is 5.91 Å². The second-order valence-electron chi connectivity index (χ2n) is 6.60. The van der Waals surface area contributed by atoms with Crippen LogP contribution in [0.1, 0.15) is 29.8 Å². The van der Waals surface area contributed by atoms with Crippen molar-refractivity contribution in [1.29, 1.82) is 0 Å². The first kappa shape index (κ1) is 18.0. The Balaban J connectivity index is 1.54. The number of carbonyl (C=O) groups is 1. The molecule has 0 radical (unpaired) electrons. The van der Waals surface area contributed by atoms with Crippen LogP contribution in [0, 0.1) is 0 Å². The Morgan fingerprint density at radius 1 is 1.12 bits per heavy atom. The molecule has 1 aliphatic heterocycles. The highest BCUT2D eigenvalue weighted by atomic mass is 32.2. The second-order valence-corrected chi connectivity index (χ2v) is 7.64. The van der Waals surface area contributed by atoms with Crippen LogP contribution in [-0.2, 0) is 5.75 Å². The average molecular weight is 356 g/mol. The minimum absolute atomic E-state index is 0.146. The zero-order valence-corrected chi connectivity index (χ0v) is 15.7. The Hall–Kier alpha value is -1.85. The summed E-state index contributed by atoms with van der Waals surface area (Å²) in [6.45, 7) is 7.96. The van der Waals surface area contributed by atoms with E-state index in [1.807, 2.05) is 41.4 Å². The van der Waals surface area contributed by atoms with Gasteiger partial charge in [0, 0.05) is 60.8 Å². The predicted octanol–water partition coefficient (Wildman–Crippen LogP) is 3.54. The number of amides is 1. The standard InChI is InChI=1S/C20H25N3OS/c1-16(2)22-10-12-23(13-11-22)20(24)18-5-7-19(8-6-18)25-15-17-4-3-9-21-14-17/h3-9,14,16H,10-13,15H2,1-2H3. The fraction of sp³-hybridized carbons (Fsp3) is 0.400. The second kappa shape index (κ2) is 8.50. The average Bonchev–Trinajstić information content (AvgIpc) is 2.67. The van der Waals surface area contributed by atoms with Crippen LogP contribution in [0.3, 0.4) is 0 Å². The van der Waals surface area contributed by atoms with Crippen LogP contribution in [0.2, 0.25) is 0 Å². The van der Waals surface area contributed by atoms with E-state index in [1.54, 1.807) is 18.0 Å². The summed E-state index contributed by atoms with van der Waals surface area (Å²) in [7, 11) is 0. The largest absolute Gasteiger partial charge is 0.336 e. The Morgan fingerprint density at radius 3 is 2.44 bits per heavy atom. The number of thioether (sulfide) groups is 1. The number of hydrogen-bond donors (Lipinski definition) is 0. The lowest BCUT2D eigenvalue weighted by atomic mass is 10.1. The maximum atomic E-state index is 12.7. The summed E-state index contributed by atoms with van der Waals surface area (Å²) in [5.74, 6) is 1.03. The van der Waals surface area contributed by atoms with Crippen molar-refractivity contribution < 1.29 is 4.79 Å². The highest BCUT2D eigenvalue weighted by Crippen LogP contribution is 2.23. The van der Waals surface area contributed by atoms with Crippen LogP contribution < -0.4 is 0 Å². The third-order valence-corrected chi connectivity index (χ3v) is 5.64. The van der Waals surface area contributed by atoms with Gasteiger partial charge in [-0.15, -0.1) is 11.8 Å². The molecule has 5 heteroatoms. The molecule has 1 amide bonds. The van der Waals surface area contributed by atoms with Gasteiger partial charge in [-0.1, -0.05) is 6.07 Å². The Kier molecular flexibility index (Phi) is 6.10. The zero-order chi connectivity index (χ0) is 17.6. The van der Waals surface area contributed by atoms with Gasteiger partial charge in [-0.05, 0) is 49.7 Å². The maximum absolute atomic E-state index is 12.7. The quantitative estimate of drug-likeness (QED) is 0.769. The molecule has 0 aliphatic carbocycles. The van der Waals surface area contributed by atoms with Crippen molar-refractivity contribution in [2.45, 2.75) is 30.5 Å². The van der Waals surface area contributed by atoms with E-state index in [9.17, 15) is 4.79 Å². The van der Waals surface area contributed by atoms with E-state index in [2.05, 4.69) is 29.8 Å². The van der Waals surface area contributed by atoms with Crippen LogP contribution in [0.4, 0.5) is 0 Å². The number of carbonyl (C=O) groups excluding carboxylic acids is 1. The molecule has 0 bridgehead atoms. The van der Waals surface area contributed by atoms with E-state index in [0.717, 1.165) is 37.5 Å². The molecule has 4 nitrogen and oxygen atoms in total. The van der Waals surface area contributed by atoms with E-state index in [1.165, 1.54) is 10.5 Å². The van der Waals surface area contributed by atoms with E-state index in [0.29, 0.717) is 6.04 Å². The van der Waals surface area contributed by atoms with Crippen LogP contribution in [0.25, 0.3) is 0 Å². The number of aromatic nitrogens is 1. The molecule has 132 valence electrons. The summed E-state index contributed by atoms with van der Waals surface area (Å²) >= 11 is 1.76. The maximum Gasteiger partial charge on any atom is 0.253 e. The van der Waals surface area contributed by atoms with Crippen LogP contribution in [0.5, 0.6) is 0 Å². The molecule has 1 aromatic carbocycles. The molecule has 0 unspecified atom stereocenters. The van der Waals surface area contributed by atoms with Gasteiger partial charge in [-0.2, -0.15) is 0 Å². The van der Waals surface area contributed by atoms with Crippen molar-refractivity contribution in [3.05, 3.63) is 59.9 Å². The van der Waals surface area contributed by atoms with Crippen molar-refractivity contribution in [3.8, 4) is 0 Å². The Morgan fingerprint density at radius 2 is 1.84 bits per heavy atom. The molecule has 1 fully saturated rings. The third kappa shape index (κ3) is 4.83. The van der Waals surface area contributed by atoms with Crippen LogP contribution >= 0.6 is 11.8 Å². The third-order valence-electron chi connectivity index (χ3n) is 4.56. The summed E-state index contributed by atoms with van der Waals surface area (Å²) in [6.07, 6.45) is 3.68. The molecule has 2 aromatic rings. The topological polar surface area (TPSA) is 36.4 Å². The van der Waals surface area contributed by atoms with Crippen molar-refractivity contribution in [2.24, 2.45) is 0 Å². The van der Waals surface area contributed by atoms with Gasteiger partial charge in [0.05, 0.1) is 0 Å². The molecule has 0 atom stereocenters. The normalized spacial score (nSPS) is 15.6. The fourth-order valence-electron chi connectivity index (χ4n) is 2.97. The molecule has 0 spiro atoms. The first-order chi connectivity index (χ1) is 12.1. The first-order valence-corrected chi connectivity index (χ1v) is 9.77. The van der Waals surface area contributed by atoms with Crippen molar-refractivity contribution in [2.75, 3.05) is 26.2 Å². The summed E-state index contributed by atoms with van der Waals surface area (Å²) in [5, 5.41) is 0. The van der Waals surface area contributed by atoms with Crippen molar-refractivity contribution in [1.82, 2.24) is 14.8 Å². The molecule has 0 saturated carbocycles. The molecule has 25 heavy (non-hydrogen) atoms. The molecular weight excluding hydrogens is 330 g/mol. The lowest BCUT2D eigenvalue weighted by Crippen LogP contribution is -2.50. The highest BCUT2D eigenvalue weighted by Gasteiger charge is 2.23. The number of rotatable bonds is 5. The number of nitrogens with zero attached hydrogens (tertiary/aromatic N) is 3. The molecule has 1 aromatic heterocycles. The fourth-order valence-corrected chi connectivity index (χ4v) is 3.80. The zero-order valence-electron chi connectivity index (χ0n) is 14.9. The Labute approximate surface area is 154 Å². The lowest BCUT2D eigenvalue weighted by molar-refractivity contribution is 0.0595. The summed E-state index contributed by atoms with van der Waals surface area (Å²) in [6, 6.07) is 12.6. The van der Waals surface area contributed by atoms with Crippen LogP contribution in [-0.4, -0.2) is 52.9 Å². The van der Waals surface area contributed by atoms with Crippen molar-refractivity contribution >= 4 is 17.7 Å². The number of hydrogen-bond acceptors (Lipinski definition) is 4. The van der Waals surface area contributed by atoms with Crippen molar-refractivity contribution in [3.63, 3.8) is 0 Å². The number of pyridine rings is 1. The Bertz CT molecular complexity index is 680.